The maximum absolute atomic E-state index is 13.0. The molecule has 1 aromatic rings. The first-order valence-corrected chi connectivity index (χ1v) is 8.69. The molecule has 1 saturated heterocycles. The highest BCUT2D eigenvalue weighted by molar-refractivity contribution is 5.96. The fraction of sp³-hybridized carbons (Fsp3) is 0.722. The Kier molecular flexibility index (Phi) is 4.40. The molecule has 2 heterocycles. The second-order valence-corrected chi connectivity index (χ2v) is 7.92. The Morgan fingerprint density at radius 2 is 2.04 bits per heavy atom. The van der Waals surface area contributed by atoms with Crippen LogP contribution in [0.4, 0.5) is 0 Å². The first kappa shape index (κ1) is 17.0. The van der Waals surface area contributed by atoms with E-state index in [4.69, 9.17) is 9.26 Å². The maximum Gasteiger partial charge on any atom is 0.328 e. The van der Waals surface area contributed by atoms with Gasteiger partial charge in [0.05, 0.1) is 7.11 Å². The largest absolute Gasteiger partial charge is 0.467 e. The third-order valence-corrected chi connectivity index (χ3v) is 5.45. The smallest absolute Gasteiger partial charge is 0.328 e. The van der Waals surface area contributed by atoms with Gasteiger partial charge in [-0.2, -0.15) is 0 Å². The van der Waals surface area contributed by atoms with Gasteiger partial charge in [0.1, 0.15) is 11.8 Å². The number of fused-ring (bicyclic) bond motifs is 1. The molecule has 6 heteroatoms. The fourth-order valence-corrected chi connectivity index (χ4v) is 3.84. The number of hydrogen-bond acceptors (Lipinski definition) is 5. The predicted molar refractivity (Wildman–Crippen MR) is 87.5 cm³/mol. The molecule has 0 spiro atoms. The standard InChI is InChI=1S/C18H26N2O4/c1-18(2,3)11-7-8-14-12(10-11)15(19-24-14)16(21)20-9-5-6-13(20)17(22)23-4/h11,13H,5-10H2,1-4H3/t11-,13+/m0/s1. The van der Waals surface area contributed by atoms with E-state index in [2.05, 4.69) is 25.9 Å². The first-order chi connectivity index (χ1) is 11.3. The summed E-state index contributed by atoms with van der Waals surface area (Å²) in [5, 5.41) is 4.06. The van der Waals surface area contributed by atoms with Crippen LogP contribution < -0.4 is 0 Å². The van der Waals surface area contributed by atoms with Crippen LogP contribution >= 0.6 is 0 Å². The zero-order valence-corrected chi connectivity index (χ0v) is 14.9. The Morgan fingerprint density at radius 3 is 2.71 bits per heavy atom. The van der Waals surface area contributed by atoms with Gasteiger partial charge in [-0.05, 0) is 37.0 Å². The van der Waals surface area contributed by atoms with Crippen molar-refractivity contribution in [2.45, 2.75) is 58.9 Å². The van der Waals surface area contributed by atoms with Gasteiger partial charge < -0.3 is 14.2 Å². The maximum atomic E-state index is 13.0. The van der Waals surface area contributed by atoms with E-state index >= 15 is 0 Å². The molecule has 24 heavy (non-hydrogen) atoms. The van der Waals surface area contributed by atoms with E-state index in [0.29, 0.717) is 24.6 Å². The van der Waals surface area contributed by atoms with Crippen LogP contribution in [-0.4, -0.2) is 41.6 Å². The number of esters is 1. The van der Waals surface area contributed by atoms with E-state index in [1.54, 1.807) is 4.90 Å². The zero-order chi connectivity index (χ0) is 17.5. The number of rotatable bonds is 2. The Morgan fingerprint density at radius 1 is 1.29 bits per heavy atom. The molecule has 1 aliphatic carbocycles. The van der Waals surface area contributed by atoms with Gasteiger partial charge in [-0.15, -0.1) is 0 Å². The van der Waals surface area contributed by atoms with Crippen molar-refractivity contribution in [3.8, 4) is 0 Å². The number of amides is 1. The molecule has 1 aliphatic heterocycles. The SMILES string of the molecule is COC(=O)[C@H]1CCCN1C(=O)c1noc2c1C[C@@H](C(C)(C)C)CC2. The van der Waals surface area contributed by atoms with Crippen LogP contribution in [0, 0.1) is 11.3 Å². The van der Waals surface area contributed by atoms with Gasteiger partial charge in [0.2, 0.25) is 0 Å². The van der Waals surface area contributed by atoms with E-state index < -0.39 is 6.04 Å². The monoisotopic (exact) mass is 334 g/mol. The Balaban J connectivity index is 1.85. The number of methoxy groups -OCH3 is 1. The lowest BCUT2D eigenvalue weighted by Crippen LogP contribution is -2.41. The van der Waals surface area contributed by atoms with Crippen molar-refractivity contribution in [2.24, 2.45) is 11.3 Å². The third-order valence-electron chi connectivity index (χ3n) is 5.45. The Hall–Kier alpha value is -1.85. The molecule has 1 amide bonds. The molecule has 0 saturated carbocycles. The molecule has 0 bridgehead atoms. The zero-order valence-electron chi connectivity index (χ0n) is 14.9. The van der Waals surface area contributed by atoms with Gasteiger partial charge in [-0.1, -0.05) is 25.9 Å². The Labute approximate surface area is 142 Å². The molecule has 6 nitrogen and oxygen atoms in total. The lowest BCUT2D eigenvalue weighted by atomic mass is 9.71. The lowest BCUT2D eigenvalue weighted by Gasteiger charge is -2.33. The minimum atomic E-state index is -0.503. The van der Waals surface area contributed by atoms with Crippen LogP contribution in [0.15, 0.2) is 4.52 Å². The van der Waals surface area contributed by atoms with Crippen molar-refractivity contribution in [2.75, 3.05) is 13.7 Å². The van der Waals surface area contributed by atoms with Gasteiger partial charge in [0, 0.05) is 18.5 Å². The van der Waals surface area contributed by atoms with Crippen LogP contribution in [-0.2, 0) is 22.4 Å². The molecule has 0 N–H and O–H groups in total. The van der Waals surface area contributed by atoms with Crippen LogP contribution in [0.3, 0.4) is 0 Å². The molecule has 132 valence electrons. The van der Waals surface area contributed by atoms with Crippen molar-refractivity contribution in [3.63, 3.8) is 0 Å². The molecule has 1 fully saturated rings. The van der Waals surface area contributed by atoms with Crippen LogP contribution in [0.2, 0.25) is 0 Å². The number of aryl methyl sites for hydroxylation is 1. The highest BCUT2D eigenvalue weighted by Gasteiger charge is 2.40. The second-order valence-electron chi connectivity index (χ2n) is 7.92. The summed E-state index contributed by atoms with van der Waals surface area (Å²) in [6.07, 6.45) is 4.12. The fourth-order valence-electron chi connectivity index (χ4n) is 3.84. The molecule has 3 rings (SSSR count). The number of ether oxygens (including phenoxy) is 1. The predicted octanol–water partition coefficient (Wildman–Crippen LogP) is 2.60. The summed E-state index contributed by atoms with van der Waals surface area (Å²) in [5.74, 6) is 0.756. The number of aromatic nitrogens is 1. The summed E-state index contributed by atoms with van der Waals surface area (Å²) in [6.45, 7) is 7.24. The van der Waals surface area contributed by atoms with E-state index in [9.17, 15) is 9.59 Å². The topological polar surface area (TPSA) is 72.6 Å². The summed E-state index contributed by atoms with van der Waals surface area (Å²) < 4.78 is 10.3. The first-order valence-electron chi connectivity index (χ1n) is 8.69. The summed E-state index contributed by atoms with van der Waals surface area (Å²) >= 11 is 0. The summed E-state index contributed by atoms with van der Waals surface area (Å²) in [4.78, 5) is 26.5. The van der Waals surface area contributed by atoms with Crippen molar-refractivity contribution >= 4 is 11.9 Å². The van der Waals surface area contributed by atoms with Gasteiger partial charge in [0.15, 0.2) is 5.69 Å². The average molecular weight is 334 g/mol. The van der Waals surface area contributed by atoms with Crippen molar-refractivity contribution in [3.05, 3.63) is 17.0 Å². The highest BCUT2D eigenvalue weighted by atomic mass is 16.5. The van der Waals surface area contributed by atoms with Crippen molar-refractivity contribution in [1.29, 1.82) is 0 Å². The van der Waals surface area contributed by atoms with Crippen LogP contribution in [0.1, 0.15) is 61.8 Å². The molecule has 2 aliphatic rings. The molecule has 0 unspecified atom stereocenters. The lowest BCUT2D eigenvalue weighted by molar-refractivity contribution is -0.145. The highest BCUT2D eigenvalue weighted by Crippen LogP contribution is 2.38. The number of carbonyl (C=O) groups is 2. The number of likely N-dealkylation sites (tertiary alicyclic amines) is 1. The van der Waals surface area contributed by atoms with Gasteiger partial charge in [-0.25, -0.2) is 4.79 Å². The van der Waals surface area contributed by atoms with Crippen LogP contribution in [0.25, 0.3) is 0 Å². The number of nitrogens with zero attached hydrogens (tertiary/aromatic N) is 2. The summed E-state index contributed by atoms with van der Waals surface area (Å²) in [5.41, 5.74) is 1.49. The average Bonchev–Trinajstić information content (AvgIpc) is 3.18. The molecule has 0 radical (unpaired) electrons. The molecular formula is C18H26N2O4. The van der Waals surface area contributed by atoms with E-state index in [0.717, 1.165) is 37.0 Å². The molecule has 1 aromatic heterocycles. The Bertz CT molecular complexity index is 644. The van der Waals surface area contributed by atoms with Gasteiger partial charge in [0.25, 0.3) is 5.91 Å². The van der Waals surface area contributed by atoms with E-state index in [1.807, 2.05) is 0 Å². The number of carbonyl (C=O) groups excluding carboxylic acids is 2. The quantitative estimate of drug-likeness (QED) is 0.777. The van der Waals surface area contributed by atoms with Gasteiger partial charge in [-0.3, -0.25) is 4.79 Å². The van der Waals surface area contributed by atoms with Crippen molar-refractivity contribution in [1.82, 2.24) is 10.1 Å². The van der Waals surface area contributed by atoms with E-state index in [-0.39, 0.29) is 17.3 Å². The minimum Gasteiger partial charge on any atom is -0.467 e. The molecular weight excluding hydrogens is 308 g/mol. The minimum absolute atomic E-state index is 0.178. The van der Waals surface area contributed by atoms with E-state index in [1.165, 1.54) is 7.11 Å². The third kappa shape index (κ3) is 2.94. The normalized spacial score (nSPS) is 23.9. The second kappa shape index (κ2) is 6.22. The molecule has 2 atom stereocenters. The van der Waals surface area contributed by atoms with Gasteiger partial charge >= 0.3 is 5.97 Å². The number of hydrogen-bond donors (Lipinski definition) is 0. The molecule has 0 aromatic carbocycles. The summed E-state index contributed by atoms with van der Waals surface area (Å²) in [6, 6.07) is -0.503. The van der Waals surface area contributed by atoms with Crippen LogP contribution in [0.5, 0.6) is 0 Å². The van der Waals surface area contributed by atoms with Crippen molar-refractivity contribution < 1.29 is 18.8 Å². The summed E-state index contributed by atoms with van der Waals surface area (Å²) in [7, 11) is 1.36.